The molecular weight excluding hydrogens is 531 g/mol. The summed E-state index contributed by atoms with van der Waals surface area (Å²) in [4.78, 5) is 58.5. The third-order valence-electron chi connectivity index (χ3n) is 6.31. The molecule has 1 aliphatic rings. The average molecular weight is 554 g/mol. The number of hydrogen-bond acceptors (Lipinski definition) is 4. The number of aromatic nitrogens is 1. The van der Waals surface area contributed by atoms with Gasteiger partial charge in [0.25, 0.3) is 0 Å². The number of benzene rings is 2. The predicted octanol–water partition coefficient (Wildman–Crippen LogP) is 2.89. The van der Waals surface area contributed by atoms with Gasteiger partial charge in [-0.25, -0.2) is 8.78 Å². The standard InChI is InChI=1S/C24H23ClF2N3O6P/c1-13(31)16-11-29(20-9-21(37(34,35)36)18(26)8-15(16)20)12-22(32)30-7-3-6-19(30)24(33)28-10-14-4-2-5-17(25)23(14)27/h2,4-5,8-9,11,19H,3,6-7,10,12H2,1H3,(H,28,33)(H2,34,35,36)/t19-/m0/s1. The number of nitrogens with one attached hydrogen (secondary N) is 1. The molecule has 9 nitrogen and oxygen atoms in total. The molecule has 1 fully saturated rings. The average Bonchev–Trinajstić information content (AvgIpc) is 3.44. The van der Waals surface area contributed by atoms with Crippen molar-refractivity contribution in [3.8, 4) is 0 Å². The zero-order chi connectivity index (χ0) is 27.1. The number of Topliss-reactive ketones (excluding diaryl/α,β-unsaturated/α-hetero) is 1. The molecule has 1 saturated heterocycles. The number of likely N-dealkylation sites (tertiary alicyclic amines) is 1. The molecule has 1 aliphatic heterocycles. The maximum absolute atomic E-state index is 14.4. The van der Waals surface area contributed by atoms with Crippen LogP contribution in [0.1, 0.15) is 35.7 Å². The van der Waals surface area contributed by atoms with Crippen LogP contribution >= 0.6 is 19.2 Å². The fourth-order valence-corrected chi connectivity index (χ4v) is 5.32. The SMILES string of the molecule is CC(=O)c1cn(CC(=O)N2CCC[C@H]2C(=O)NCc2cccc(Cl)c2F)c2cc(P(=O)(O)O)c(F)cc12. The van der Waals surface area contributed by atoms with Crippen LogP contribution in [0.4, 0.5) is 8.78 Å². The monoisotopic (exact) mass is 553 g/mol. The Labute approximate surface area is 215 Å². The largest absolute Gasteiger partial charge is 0.359 e. The lowest BCUT2D eigenvalue weighted by molar-refractivity contribution is -0.138. The first-order valence-electron chi connectivity index (χ1n) is 11.3. The Morgan fingerprint density at radius 3 is 2.62 bits per heavy atom. The smallest absolute Gasteiger partial charge is 0.350 e. The summed E-state index contributed by atoms with van der Waals surface area (Å²) >= 11 is 5.78. The van der Waals surface area contributed by atoms with Crippen LogP contribution in [0.5, 0.6) is 0 Å². The third-order valence-corrected chi connectivity index (χ3v) is 7.57. The molecule has 2 heterocycles. The molecule has 2 amide bonds. The first-order chi connectivity index (χ1) is 17.4. The maximum Gasteiger partial charge on any atom is 0.359 e. The van der Waals surface area contributed by atoms with E-state index in [9.17, 15) is 37.5 Å². The Morgan fingerprint density at radius 1 is 1.22 bits per heavy atom. The van der Waals surface area contributed by atoms with Gasteiger partial charge in [0.05, 0.1) is 10.5 Å². The number of ketones is 1. The van der Waals surface area contributed by atoms with Crippen LogP contribution in [0.15, 0.2) is 36.5 Å². The first kappa shape index (κ1) is 26.9. The van der Waals surface area contributed by atoms with Gasteiger partial charge >= 0.3 is 7.60 Å². The summed E-state index contributed by atoms with van der Waals surface area (Å²) in [6.45, 7) is 1.05. The minimum atomic E-state index is -4.97. The molecule has 1 atom stereocenters. The Hall–Kier alpha value is -3.11. The minimum absolute atomic E-state index is 0.0740. The van der Waals surface area contributed by atoms with E-state index in [1.165, 1.54) is 34.7 Å². The van der Waals surface area contributed by atoms with Crippen molar-refractivity contribution in [3.05, 3.63) is 64.3 Å². The van der Waals surface area contributed by atoms with Crippen LogP contribution in [0.25, 0.3) is 10.9 Å². The van der Waals surface area contributed by atoms with E-state index in [1.807, 2.05) is 0 Å². The Morgan fingerprint density at radius 2 is 1.95 bits per heavy atom. The summed E-state index contributed by atoms with van der Waals surface area (Å²) in [5.41, 5.74) is 0.369. The van der Waals surface area contributed by atoms with Gasteiger partial charge in [-0.2, -0.15) is 0 Å². The van der Waals surface area contributed by atoms with E-state index in [0.29, 0.717) is 12.8 Å². The minimum Gasteiger partial charge on any atom is -0.350 e. The van der Waals surface area contributed by atoms with E-state index in [4.69, 9.17) is 11.6 Å². The summed E-state index contributed by atoms with van der Waals surface area (Å²) < 4.78 is 41.6. The molecule has 0 radical (unpaired) electrons. The van der Waals surface area contributed by atoms with Crippen LogP contribution in [0.3, 0.4) is 0 Å². The summed E-state index contributed by atoms with van der Waals surface area (Å²) in [7, 11) is -4.97. The number of carbonyl (C=O) groups excluding carboxylic acids is 3. The lowest BCUT2D eigenvalue weighted by Gasteiger charge is -2.24. The van der Waals surface area contributed by atoms with Crippen molar-refractivity contribution in [2.24, 2.45) is 0 Å². The number of rotatable bonds is 7. The third kappa shape index (κ3) is 5.45. The normalized spacial score (nSPS) is 15.8. The lowest BCUT2D eigenvalue weighted by atomic mass is 10.1. The molecule has 13 heteroatoms. The van der Waals surface area contributed by atoms with Crippen LogP contribution in [0.2, 0.25) is 5.02 Å². The van der Waals surface area contributed by atoms with Crippen molar-refractivity contribution in [2.45, 2.75) is 38.9 Å². The van der Waals surface area contributed by atoms with Gasteiger partial charge in [0, 0.05) is 35.8 Å². The van der Waals surface area contributed by atoms with Crippen LogP contribution < -0.4 is 10.6 Å². The van der Waals surface area contributed by atoms with Gasteiger partial charge in [-0.1, -0.05) is 23.7 Å². The fraction of sp³-hybridized carbons (Fsp3) is 0.292. The molecule has 1 aromatic heterocycles. The molecule has 196 valence electrons. The van der Waals surface area contributed by atoms with E-state index in [1.54, 1.807) is 6.07 Å². The molecule has 0 aliphatic carbocycles. The van der Waals surface area contributed by atoms with E-state index in [0.717, 1.165) is 12.1 Å². The maximum atomic E-state index is 14.4. The van der Waals surface area contributed by atoms with Gasteiger partial charge in [0.15, 0.2) is 5.78 Å². The van der Waals surface area contributed by atoms with E-state index in [-0.39, 0.29) is 46.7 Å². The molecule has 0 saturated carbocycles. The van der Waals surface area contributed by atoms with E-state index < -0.39 is 48.2 Å². The lowest BCUT2D eigenvalue weighted by Crippen LogP contribution is -2.46. The molecule has 0 unspecified atom stereocenters. The van der Waals surface area contributed by atoms with Crippen molar-refractivity contribution in [1.29, 1.82) is 0 Å². The Balaban J connectivity index is 1.57. The van der Waals surface area contributed by atoms with Crippen LogP contribution in [-0.2, 0) is 27.2 Å². The molecule has 0 bridgehead atoms. The second-order valence-corrected chi connectivity index (χ2v) is 10.7. The topological polar surface area (TPSA) is 129 Å². The summed E-state index contributed by atoms with van der Waals surface area (Å²) in [6.07, 6.45) is 2.25. The zero-order valence-corrected chi connectivity index (χ0v) is 21.2. The molecular formula is C24H23ClF2N3O6P. The number of amides is 2. The van der Waals surface area contributed by atoms with Crippen LogP contribution in [-0.4, -0.2) is 49.4 Å². The highest BCUT2D eigenvalue weighted by Gasteiger charge is 2.34. The second-order valence-electron chi connectivity index (χ2n) is 8.77. The molecule has 4 rings (SSSR count). The second kappa shape index (κ2) is 10.3. The highest BCUT2D eigenvalue weighted by Crippen LogP contribution is 2.36. The van der Waals surface area contributed by atoms with E-state index >= 15 is 0 Å². The van der Waals surface area contributed by atoms with E-state index in [2.05, 4.69) is 5.32 Å². The van der Waals surface area contributed by atoms with Gasteiger partial charge in [0.2, 0.25) is 11.8 Å². The number of fused-ring (bicyclic) bond motifs is 1. The zero-order valence-electron chi connectivity index (χ0n) is 19.6. The summed E-state index contributed by atoms with van der Waals surface area (Å²) in [5, 5.41) is 1.80. The number of nitrogens with zero attached hydrogens (tertiary/aromatic N) is 2. The van der Waals surface area contributed by atoms with Crippen molar-refractivity contribution in [1.82, 2.24) is 14.8 Å². The molecule has 2 aromatic carbocycles. The highest BCUT2D eigenvalue weighted by atomic mass is 35.5. The van der Waals surface area contributed by atoms with Crippen LogP contribution in [0, 0.1) is 11.6 Å². The molecule has 3 aromatic rings. The number of carbonyl (C=O) groups is 3. The predicted molar refractivity (Wildman–Crippen MR) is 132 cm³/mol. The number of halogens is 3. The fourth-order valence-electron chi connectivity index (χ4n) is 4.49. The molecule has 3 N–H and O–H groups in total. The first-order valence-corrected chi connectivity index (χ1v) is 13.3. The van der Waals surface area contributed by atoms with Gasteiger partial charge in [-0.3, -0.25) is 18.9 Å². The number of hydrogen-bond donors (Lipinski definition) is 3. The Bertz CT molecular complexity index is 1470. The quantitative estimate of drug-likeness (QED) is 0.305. The van der Waals surface area contributed by atoms with Crippen molar-refractivity contribution in [3.63, 3.8) is 0 Å². The van der Waals surface area contributed by atoms with Crippen molar-refractivity contribution < 1.29 is 37.5 Å². The highest BCUT2D eigenvalue weighted by molar-refractivity contribution is 7.60. The molecule has 37 heavy (non-hydrogen) atoms. The molecule has 0 spiro atoms. The van der Waals surface area contributed by atoms with Crippen molar-refractivity contribution >= 4 is 53.0 Å². The van der Waals surface area contributed by atoms with Gasteiger partial charge in [-0.05, 0) is 38.0 Å². The summed E-state index contributed by atoms with van der Waals surface area (Å²) in [5.74, 6) is -3.19. The summed E-state index contributed by atoms with van der Waals surface area (Å²) in [6, 6.07) is 5.41. The van der Waals surface area contributed by atoms with Crippen molar-refractivity contribution in [2.75, 3.05) is 6.54 Å². The van der Waals surface area contributed by atoms with Gasteiger partial charge in [-0.15, -0.1) is 0 Å². The van der Waals surface area contributed by atoms with Gasteiger partial charge < -0.3 is 24.6 Å². The van der Waals surface area contributed by atoms with Gasteiger partial charge in [0.1, 0.15) is 29.5 Å². The Kier molecular flexibility index (Phi) is 7.52.